The molecular weight excluding hydrogens is 142 g/mol. The van der Waals surface area contributed by atoms with Crippen LogP contribution in [0.25, 0.3) is 0 Å². The van der Waals surface area contributed by atoms with Crippen molar-refractivity contribution in [3.8, 4) is 0 Å². The van der Waals surface area contributed by atoms with Crippen LogP contribution in [0.3, 0.4) is 0 Å². The topological polar surface area (TPSA) is 12.9 Å². The van der Waals surface area contributed by atoms with Crippen LogP contribution in [0.5, 0.6) is 0 Å². The fourth-order valence-corrected chi connectivity index (χ4v) is 1.41. The van der Waals surface area contributed by atoms with E-state index < -0.39 is 0 Å². The van der Waals surface area contributed by atoms with Crippen molar-refractivity contribution in [3.05, 3.63) is 24.0 Å². The SMILES string of the molecule is Sc1cccnc1C1CC1. The summed E-state index contributed by atoms with van der Waals surface area (Å²) in [5, 5.41) is 0. The molecule has 1 aliphatic rings. The van der Waals surface area contributed by atoms with E-state index in [0.717, 1.165) is 4.90 Å². The highest BCUT2D eigenvalue weighted by Crippen LogP contribution is 2.41. The first-order chi connectivity index (χ1) is 4.88. The van der Waals surface area contributed by atoms with Crippen LogP contribution in [0.2, 0.25) is 0 Å². The number of aromatic nitrogens is 1. The molecule has 1 heterocycles. The maximum Gasteiger partial charge on any atom is 0.0567 e. The Kier molecular flexibility index (Phi) is 1.42. The summed E-state index contributed by atoms with van der Waals surface area (Å²) in [5.74, 6) is 0.716. The molecule has 1 aromatic rings. The molecule has 1 saturated carbocycles. The molecule has 0 unspecified atom stereocenters. The number of nitrogens with zero attached hydrogens (tertiary/aromatic N) is 1. The average molecular weight is 151 g/mol. The van der Waals surface area contributed by atoms with Gasteiger partial charge in [0.05, 0.1) is 5.69 Å². The maximum absolute atomic E-state index is 4.31. The highest BCUT2D eigenvalue weighted by molar-refractivity contribution is 7.80. The Bertz CT molecular complexity index is 243. The molecule has 0 radical (unpaired) electrons. The Balaban J connectivity index is 2.39. The van der Waals surface area contributed by atoms with Gasteiger partial charge in [-0.2, -0.15) is 0 Å². The van der Waals surface area contributed by atoms with Gasteiger partial charge in [0.1, 0.15) is 0 Å². The van der Waals surface area contributed by atoms with Gasteiger partial charge in [-0.05, 0) is 25.0 Å². The average Bonchev–Trinajstić information content (AvgIpc) is 2.71. The van der Waals surface area contributed by atoms with Crippen molar-refractivity contribution in [2.24, 2.45) is 0 Å². The summed E-state index contributed by atoms with van der Waals surface area (Å²) >= 11 is 4.31. The molecule has 0 amide bonds. The molecule has 0 spiro atoms. The smallest absolute Gasteiger partial charge is 0.0567 e. The van der Waals surface area contributed by atoms with Gasteiger partial charge in [-0.1, -0.05) is 0 Å². The molecule has 52 valence electrons. The molecule has 2 heteroatoms. The minimum absolute atomic E-state index is 0.716. The van der Waals surface area contributed by atoms with Gasteiger partial charge in [0.15, 0.2) is 0 Å². The van der Waals surface area contributed by atoms with Crippen molar-refractivity contribution in [1.29, 1.82) is 0 Å². The number of pyridine rings is 1. The third-order valence-electron chi connectivity index (χ3n) is 1.78. The Hall–Kier alpha value is -0.500. The summed E-state index contributed by atoms with van der Waals surface area (Å²) in [6.07, 6.45) is 4.43. The fourth-order valence-electron chi connectivity index (χ4n) is 1.08. The van der Waals surface area contributed by atoms with Gasteiger partial charge >= 0.3 is 0 Å². The van der Waals surface area contributed by atoms with Crippen molar-refractivity contribution < 1.29 is 0 Å². The Morgan fingerprint density at radius 1 is 1.50 bits per heavy atom. The van der Waals surface area contributed by atoms with E-state index in [0.29, 0.717) is 5.92 Å². The largest absolute Gasteiger partial charge is 0.260 e. The van der Waals surface area contributed by atoms with E-state index in [1.807, 2.05) is 18.3 Å². The van der Waals surface area contributed by atoms with Gasteiger partial charge in [-0.25, -0.2) is 0 Å². The minimum atomic E-state index is 0.716. The molecule has 2 rings (SSSR count). The van der Waals surface area contributed by atoms with Crippen LogP contribution in [0, 0.1) is 0 Å². The van der Waals surface area contributed by atoms with Gasteiger partial charge in [-0.15, -0.1) is 12.6 Å². The van der Waals surface area contributed by atoms with Crippen molar-refractivity contribution in [2.45, 2.75) is 23.7 Å². The molecule has 1 aliphatic carbocycles. The maximum atomic E-state index is 4.31. The summed E-state index contributed by atoms with van der Waals surface area (Å²) in [7, 11) is 0. The molecular formula is C8H9NS. The Morgan fingerprint density at radius 2 is 2.30 bits per heavy atom. The molecule has 1 fully saturated rings. The van der Waals surface area contributed by atoms with Gasteiger partial charge < -0.3 is 0 Å². The second-order valence-electron chi connectivity index (χ2n) is 2.68. The second-order valence-corrected chi connectivity index (χ2v) is 3.16. The zero-order valence-electron chi connectivity index (χ0n) is 5.62. The van der Waals surface area contributed by atoms with Crippen LogP contribution in [0.1, 0.15) is 24.5 Å². The minimum Gasteiger partial charge on any atom is -0.260 e. The predicted octanol–water partition coefficient (Wildman–Crippen LogP) is 2.25. The quantitative estimate of drug-likeness (QED) is 0.607. The second kappa shape index (κ2) is 2.27. The molecule has 0 bridgehead atoms. The monoisotopic (exact) mass is 151 g/mol. The normalized spacial score (nSPS) is 17.3. The van der Waals surface area contributed by atoms with Gasteiger partial charge in [0.25, 0.3) is 0 Å². The Morgan fingerprint density at radius 3 is 2.90 bits per heavy atom. The first kappa shape index (κ1) is 6.23. The summed E-state index contributed by atoms with van der Waals surface area (Å²) in [6, 6.07) is 3.93. The van der Waals surface area contributed by atoms with Crippen LogP contribution in [-0.4, -0.2) is 4.98 Å². The summed E-state index contributed by atoms with van der Waals surface area (Å²) in [6.45, 7) is 0. The zero-order chi connectivity index (χ0) is 6.97. The first-order valence-corrected chi connectivity index (χ1v) is 3.96. The van der Waals surface area contributed by atoms with E-state index in [1.54, 1.807) is 0 Å². The van der Waals surface area contributed by atoms with Gasteiger partial charge in [0, 0.05) is 17.0 Å². The molecule has 0 aliphatic heterocycles. The summed E-state index contributed by atoms with van der Waals surface area (Å²) in [4.78, 5) is 5.31. The number of rotatable bonds is 1. The molecule has 1 aromatic heterocycles. The number of thiol groups is 1. The lowest BCUT2D eigenvalue weighted by Crippen LogP contribution is -1.85. The lowest BCUT2D eigenvalue weighted by molar-refractivity contribution is 0.970. The lowest BCUT2D eigenvalue weighted by atomic mass is 10.2. The molecule has 1 nitrogen and oxygen atoms in total. The third-order valence-corrected chi connectivity index (χ3v) is 2.16. The van der Waals surface area contributed by atoms with Crippen LogP contribution >= 0.6 is 12.6 Å². The van der Waals surface area contributed by atoms with Crippen LogP contribution in [0.4, 0.5) is 0 Å². The van der Waals surface area contributed by atoms with Gasteiger partial charge in [-0.3, -0.25) is 4.98 Å². The summed E-state index contributed by atoms with van der Waals surface area (Å²) in [5.41, 5.74) is 1.19. The first-order valence-electron chi connectivity index (χ1n) is 3.52. The molecule has 0 atom stereocenters. The third kappa shape index (κ3) is 1.03. The molecule has 10 heavy (non-hydrogen) atoms. The highest BCUT2D eigenvalue weighted by atomic mass is 32.1. The Labute approximate surface area is 65.9 Å². The molecule has 0 saturated heterocycles. The van der Waals surface area contributed by atoms with Crippen molar-refractivity contribution in [3.63, 3.8) is 0 Å². The standard InChI is InChI=1S/C8H9NS/c10-7-2-1-5-9-8(7)6-3-4-6/h1-2,5-6,10H,3-4H2. The number of hydrogen-bond donors (Lipinski definition) is 1. The summed E-state index contributed by atoms with van der Waals surface area (Å²) < 4.78 is 0. The molecule has 0 N–H and O–H groups in total. The van der Waals surface area contributed by atoms with E-state index in [4.69, 9.17) is 0 Å². The lowest BCUT2D eigenvalue weighted by Gasteiger charge is -1.98. The van der Waals surface area contributed by atoms with E-state index in [9.17, 15) is 0 Å². The van der Waals surface area contributed by atoms with E-state index in [-0.39, 0.29) is 0 Å². The van der Waals surface area contributed by atoms with Crippen molar-refractivity contribution in [1.82, 2.24) is 4.98 Å². The fraction of sp³-hybridized carbons (Fsp3) is 0.375. The highest BCUT2D eigenvalue weighted by Gasteiger charge is 2.26. The van der Waals surface area contributed by atoms with E-state index >= 15 is 0 Å². The molecule has 0 aromatic carbocycles. The van der Waals surface area contributed by atoms with E-state index in [2.05, 4.69) is 17.6 Å². The zero-order valence-corrected chi connectivity index (χ0v) is 6.51. The van der Waals surface area contributed by atoms with Crippen molar-refractivity contribution >= 4 is 12.6 Å². The van der Waals surface area contributed by atoms with Crippen LogP contribution in [-0.2, 0) is 0 Å². The van der Waals surface area contributed by atoms with E-state index in [1.165, 1.54) is 18.5 Å². The number of hydrogen-bond acceptors (Lipinski definition) is 2. The predicted molar refractivity (Wildman–Crippen MR) is 43.5 cm³/mol. The van der Waals surface area contributed by atoms with Gasteiger partial charge in [0.2, 0.25) is 0 Å². The van der Waals surface area contributed by atoms with Crippen LogP contribution in [0.15, 0.2) is 23.2 Å². The van der Waals surface area contributed by atoms with Crippen LogP contribution < -0.4 is 0 Å². The van der Waals surface area contributed by atoms with Crippen molar-refractivity contribution in [2.75, 3.05) is 0 Å².